The van der Waals surface area contributed by atoms with E-state index in [1.165, 1.54) is 6.07 Å². The average Bonchev–Trinajstić information content (AvgIpc) is 2.90. The highest BCUT2D eigenvalue weighted by molar-refractivity contribution is 7.09. The molecule has 5 heteroatoms. The molecule has 2 nitrogen and oxygen atoms in total. The van der Waals surface area contributed by atoms with Crippen molar-refractivity contribution in [3.63, 3.8) is 0 Å². The molecule has 1 N–H and O–H groups in total. The van der Waals surface area contributed by atoms with Gasteiger partial charge in [-0.2, -0.15) is 0 Å². The van der Waals surface area contributed by atoms with E-state index in [1.807, 2.05) is 29.3 Å². The summed E-state index contributed by atoms with van der Waals surface area (Å²) in [6, 6.07) is 7.59. The summed E-state index contributed by atoms with van der Waals surface area (Å²) < 4.78 is 27.2. The van der Waals surface area contributed by atoms with Crippen LogP contribution in [0.25, 0.3) is 0 Å². The molecule has 0 aliphatic rings. The van der Waals surface area contributed by atoms with Crippen LogP contribution in [-0.4, -0.2) is 23.1 Å². The second kappa shape index (κ2) is 6.92. The molecule has 0 saturated carbocycles. The molecule has 108 valence electrons. The van der Waals surface area contributed by atoms with Gasteiger partial charge in [0.2, 0.25) is 0 Å². The van der Waals surface area contributed by atoms with Crippen LogP contribution >= 0.6 is 11.3 Å². The summed E-state index contributed by atoms with van der Waals surface area (Å²) in [7, 11) is 0. The van der Waals surface area contributed by atoms with E-state index in [0.29, 0.717) is 13.1 Å². The van der Waals surface area contributed by atoms with Crippen molar-refractivity contribution in [2.45, 2.75) is 19.6 Å². The van der Waals surface area contributed by atoms with E-state index in [9.17, 15) is 13.9 Å². The van der Waals surface area contributed by atoms with Crippen molar-refractivity contribution in [2.24, 2.45) is 0 Å². The molecule has 0 amide bonds. The van der Waals surface area contributed by atoms with Crippen molar-refractivity contribution in [2.75, 3.05) is 13.1 Å². The third kappa shape index (κ3) is 3.62. The van der Waals surface area contributed by atoms with E-state index in [1.54, 1.807) is 11.3 Å². The van der Waals surface area contributed by atoms with Crippen molar-refractivity contribution in [1.82, 2.24) is 4.90 Å². The van der Waals surface area contributed by atoms with Gasteiger partial charge in [-0.25, -0.2) is 8.78 Å². The minimum atomic E-state index is -1.17. The van der Waals surface area contributed by atoms with Gasteiger partial charge in [0.1, 0.15) is 11.6 Å². The van der Waals surface area contributed by atoms with Crippen LogP contribution in [0.3, 0.4) is 0 Å². The van der Waals surface area contributed by atoms with Crippen LogP contribution in [0, 0.1) is 11.6 Å². The van der Waals surface area contributed by atoms with E-state index in [4.69, 9.17) is 0 Å². The van der Waals surface area contributed by atoms with Crippen LogP contribution in [0.5, 0.6) is 0 Å². The predicted octanol–water partition coefficient (Wildman–Crippen LogP) is 3.58. The number of hydrogen-bond acceptors (Lipinski definition) is 3. The van der Waals surface area contributed by atoms with Crippen molar-refractivity contribution in [1.29, 1.82) is 0 Å². The van der Waals surface area contributed by atoms with Gasteiger partial charge in [0, 0.05) is 18.0 Å². The number of rotatable bonds is 6. The molecule has 0 bridgehead atoms. The van der Waals surface area contributed by atoms with Crippen molar-refractivity contribution < 1.29 is 13.9 Å². The first-order valence-corrected chi connectivity index (χ1v) is 7.36. The molecular formula is C15H17F2NOS. The van der Waals surface area contributed by atoms with Crippen LogP contribution < -0.4 is 0 Å². The first kappa shape index (κ1) is 15.1. The lowest BCUT2D eigenvalue weighted by molar-refractivity contribution is 0.106. The molecule has 2 aromatic rings. The average molecular weight is 297 g/mol. The Morgan fingerprint density at radius 2 is 1.90 bits per heavy atom. The minimum absolute atomic E-state index is 0.201. The summed E-state index contributed by atoms with van der Waals surface area (Å²) in [4.78, 5) is 3.12. The molecule has 0 fully saturated rings. The van der Waals surface area contributed by atoms with Gasteiger partial charge in [0.15, 0.2) is 0 Å². The summed E-state index contributed by atoms with van der Waals surface area (Å²) in [5.74, 6) is -1.41. The lowest BCUT2D eigenvalue weighted by atomic mass is 10.1. The van der Waals surface area contributed by atoms with E-state index >= 15 is 0 Å². The Morgan fingerprint density at radius 1 is 1.20 bits per heavy atom. The van der Waals surface area contributed by atoms with E-state index in [2.05, 4.69) is 0 Å². The number of hydrogen-bond donors (Lipinski definition) is 1. The highest BCUT2D eigenvalue weighted by atomic mass is 32.1. The zero-order valence-electron chi connectivity index (χ0n) is 11.2. The Labute approximate surface area is 121 Å². The Kier molecular flexibility index (Phi) is 5.23. The van der Waals surface area contributed by atoms with E-state index in [-0.39, 0.29) is 12.1 Å². The molecule has 1 unspecified atom stereocenters. The number of likely N-dealkylation sites (N-methyl/N-ethyl adjacent to an activating group) is 1. The molecule has 1 heterocycles. The first-order valence-electron chi connectivity index (χ1n) is 6.48. The molecule has 1 aromatic carbocycles. The monoisotopic (exact) mass is 297 g/mol. The number of aliphatic hydroxyl groups excluding tert-OH is 1. The zero-order chi connectivity index (χ0) is 14.5. The lowest BCUT2D eigenvalue weighted by Gasteiger charge is -2.23. The summed E-state index contributed by atoms with van der Waals surface area (Å²) in [5.41, 5.74) is -0.253. The van der Waals surface area contributed by atoms with Crippen LogP contribution in [0.2, 0.25) is 0 Å². The maximum absolute atomic E-state index is 13.6. The fourth-order valence-electron chi connectivity index (χ4n) is 2.09. The number of nitrogens with zero attached hydrogens (tertiary/aromatic N) is 1. The fraction of sp³-hybridized carbons (Fsp3) is 0.333. The number of halogens is 2. The molecule has 20 heavy (non-hydrogen) atoms. The molecule has 0 radical (unpaired) electrons. The van der Waals surface area contributed by atoms with Gasteiger partial charge in [-0.05, 0) is 30.1 Å². The zero-order valence-corrected chi connectivity index (χ0v) is 12.0. The Bertz CT molecular complexity index is 525. The molecule has 0 saturated heterocycles. The molecule has 1 aromatic heterocycles. The van der Waals surface area contributed by atoms with Gasteiger partial charge in [-0.1, -0.05) is 19.1 Å². The van der Waals surface area contributed by atoms with Gasteiger partial charge in [-0.3, -0.25) is 4.90 Å². The largest absolute Gasteiger partial charge is 0.387 e. The van der Waals surface area contributed by atoms with Crippen molar-refractivity contribution >= 4 is 11.3 Å². The van der Waals surface area contributed by atoms with Gasteiger partial charge in [0.25, 0.3) is 0 Å². The summed E-state index contributed by atoms with van der Waals surface area (Å²) in [6.45, 7) is 3.52. The lowest BCUT2D eigenvalue weighted by Crippen LogP contribution is -2.28. The maximum Gasteiger partial charge on any atom is 0.131 e. The molecule has 2 rings (SSSR count). The Hall–Kier alpha value is -1.30. The summed E-state index contributed by atoms with van der Waals surface area (Å²) >= 11 is 1.62. The van der Waals surface area contributed by atoms with E-state index < -0.39 is 17.7 Å². The Balaban J connectivity index is 2.07. The first-order chi connectivity index (χ1) is 9.61. The summed E-state index contributed by atoms with van der Waals surface area (Å²) in [6.07, 6.45) is -1.17. The topological polar surface area (TPSA) is 23.5 Å². The standard InChI is InChI=1S/C15H17F2NOS/c1-2-18(9-11-5-4-8-20-11)10-14(19)15-12(16)6-3-7-13(15)17/h3-8,14,19H,2,9-10H2,1H3. The van der Waals surface area contributed by atoms with Crippen LogP contribution in [0.4, 0.5) is 8.78 Å². The van der Waals surface area contributed by atoms with E-state index in [0.717, 1.165) is 17.0 Å². The highest BCUT2D eigenvalue weighted by Gasteiger charge is 2.20. The van der Waals surface area contributed by atoms with Crippen molar-refractivity contribution in [3.05, 3.63) is 57.8 Å². The van der Waals surface area contributed by atoms with Crippen LogP contribution in [0.1, 0.15) is 23.5 Å². The fourth-order valence-corrected chi connectivity index (χ4v) is 2.84. The number of aliphatic hydroxyl groups is 1. The SMILES string of the molecule is CCN(Cc1cccs1)CC(O)c1c(F)cccc1F. The molecule has 0 aliphatic carbocycles. The van der Waals surface area contributed by atoms with Gasteiger partial charge < -0.3 is 5.11 Å². The molecular weight excluding hydrogens is 280 g/mol. The highest BCUT2D eigenvalue weighted by Crippen LogP contribution is 2.22. The molecule has 1 atom stereocenters. The van der Waals surface area contributed by atoms with Gasteiger partial charge >= 0.3 is 0 Å². The smallest absolute Gasteiger partial charge is 0.131 e. The Morgan fingerprint density at radius 3 is 2.45 bits per heavy atom. The quantitative estimate of drug-likeness (QED) is 0.881. The summed E-state index contributed by atoms with van der Waals surface area (Å²) in [5, 5.41) is 12.1. The maximum atomic E-state index is 13.6. The molecule has 0 aliphatic heterocycles. The van der Waals surface area contributed by atoms with Crippen LogP contribution in [0.15, 0.2) is 35.7 Å². The third-order valence-corrected chi connectivity index (χ3v) is 4.03. The predicted molar refractivity (Wildman–Crippen MR) is 76.6 cm³/mol. The number of thiophene rings is 1. The third-order valence-electron chi connectivity index (χ3n) is 3.17. The minimum Gasteiger partial charge on any atom is -0.387 e. The van der Waals surface area contributed by atoms with Crippen molar-refractivity contribution in [3.8, 4) is 0 Å². The second-order valence-electron chi connectivity index (χ2n) is 4.56. The van der Waals surface area contributed by atoms with Gasteiger partial charge in [-0.15, -0.1) is 11.3 Å². The number of benzene rings is 1. The van der Waals surface area contributed by atoms with Gasteiger partial charge in [0.05, 0.1) is 11.7 Å². The molecule has 0 spiro atoms. The van der Waals surface area contributed by atoms with Crippen LogP contribution in [-0.2, 0) is 6.54 Å². The normalized spacial score (nSPS) is 12.8. The second-order valence-corrected chi connectivity index (χ2v) is 5.59.